The molecule has 0 nitrogen and oxygen atoms in total. The number of hydrogen-bond acceptors (Lipinski definition) is 0. The van der Waals surface area contributed by atoms with Gasteiger partial charge in [-0.05, 0) is 52.1 Å². The van der Waals surface area contributed by atoms with E-state index < -0.39 is 10.0 Å². The van der Waals surface area contributed by atoms with E-state index in [2.05, 4.69) is 85.7 Å². The lowest BCUT2D eigenvalue weighted by Gasteiger charge is -2.37. The first-order valence-electron chi connectivity index (χ1n) is 7.06. The molecule has 0 fully saturated rings. The van der Waals surface area contributed by atoms with E-state index in [1.165, 1.54) is 9.79 Å². The maximum Gasteiger partial charge on any atom is -0.00214 e. The molecule has 0 N–H and O–H groups in total. The van der Waals surface area contributed by atoms with E-state index in [0.29, 0.717) is 0 Å². The Morgan fingerprint density at radius 1 is 0.857 bits per heavy atom. The molecule has 0 aliphatic rings. The standard InChI is InChI=1S/C20H22S/c1-4-5-8-13-18(2)21(3,19-14-9-6-10-15-19)20-16-11-7-12-17-20/h4-17H,2H2,1,3H3/b5-4-,13-8-. The van der Waals surface area contributed by atoms with Crippen LogP contribution in [0.5, 0.6) is 0 Å². The highest BCUT2D eigenvalue weighted by Crippen LogP contribution is 2.65. The van der Waals surface area contributed by atoms with Gasteiger partial charge >= 0.3 is 0 Å². The van der Waals surface area contributed by atoms with E-state index in [1.807, 2.05) is 19.1 Å². The molecule has 0 radical (unpaired) electrons. The highest BCUT2D eigenvalue weighted by molar-refractivity contribution is 8.36. The predicted octanol–water partition coefficient (Wildman–Crippen LogP) is 6.19. The van der Waals surface area contributed by atoms with Crippen molar-refractivity contribution in [1.29, 1.82) is 0 Å². The van der Waals surface area contributed by atoms with Gasteiger partial charge in [-0.2, -0.15) is 10.0 Å². The van der Waals surface area contributed by atoms with E-state index in [-0.39, 0.29) is 0 Å². The van der Waals surface area contributed by atoms with E-state index >= 15 is 0 Å². The largest absolute Gasteiger partial charge is 0.164 e. The van der Waals surface area contributed by atoms with Gasteiger partial charge in [0.1, 0.15) is 0 Å². The Kier molecular flexibility index (Phi) is 5.24. The van der Waals surface area contributed by atoms with Crippen LogP contribution in [0, 0.1) is 0 Å². The summed E-state index contributed by atoms with van der Waals surface area (Å²) in [6.45, 7) is 6.39. The first-order chi connectivity index (χ1) is 10.2. The molecule has 2 rings (SSSR count). The molecule has 0 atom stereocenters. The molecule has 1 heteroatoms. The Balaban J connectivity index is 2.52. The Bertz CT molecular complexity index is 597. The Morgan fingerprint density at radius 3 is 1.76 bits per heavy atom. The average Bonchev–Trinajstić information content (AvgIpc) is 2.56. The summed E-state index contributed by atoms with van der Waals surface area (Å²) < 4.78 is 0. The van der Waals surface area contributed by atoms with Gasteiger partial charge in [0.05, 0.1) is 0 Å². The highest BCUT2D eigenvalue weighted by atomic mass is 32.3. The Hall–Kier alpha value is -1.99. The molecule has 0 saturated carbocycles. The summed E-state index contributed by atoms with van der Waals surface area (Å²) in [5, 5.41) is 0. The molecule has 0 unspecified atom stereocenters. The van der Waals surface area contributed by atoms with Crippen LogP contribution in [0.2, 0.25) is 0 Å². The van der Waals surface area contributed by atoms with Gasteiger partial charge in [-0.15, -0.1) is 0 Å². The molecule has 0 heterocycles. The number of allylic oxidation sites excluding steroid dienone is 4. The lowest BCUT2D eigenvalue weighted by atomic mass is 10.4. The molecule has 0 aliphatic carbocycles. The smallest absolute Gasteiger partial charge is 0.00214 e. The quantitative estimate of drug-likeness (QED) is 0.577. The second kappa shape index (κ2) is 7.14. The van der Waals surface area contributed by atoms with Crippen molar-refractivity contribution in [1.82, 2.24) is 0 Å². The third-order valence-corrected chi connectivity index (χ3v) is 7.15. The zero-order valence-electron chi connectivity index (χ0n) is 12.7. The lowest BCUT2D eigenvalue weighted by molar-refractivity contribution is 1.36. The fraction of sp³-hybridized carbons (Fsp3) is 0.100. The third-order valence-electron chi connectivity index (χ3n) is 3.54. The first-order valence-corrected chi connectivity index (χ1v) is 9.10. The van der Waals surface area contributed by atoms with Gasteiger partial charge in [0, 0.05) is 0 Å². The van der Waals surface area contributed by atoms with Gasteiger partial charge in [-0.3, -0.25) is 0 Å². The molecule has 0 spiro atoms. The van der Waals surface area contributed by atoms with Crippen molar-refractivity contribution in [2.45, 2.75) is 16.7 Å². The molecule has 108 valence electrons. The Morgan fingerprint density at radius 2 is 1.33 bits per heavy atom. The second-order valence-corrected chi connectivity index (χ2v) is 8.20. The number of rotatable bonds is 5. The van der Waals surface area contributed by atoms with Crippen LogP contribution in [0.4, 0.5) is 0 Å². The topological polar surface area (TPSA) is 0 Å². The Labute approximate surface area is 129 Å². The van der Waals surface area contributed by atoms with Crippen LogP contribution in [-0.2, 0) is 0 Å². The van der Waals surface area contributed by atoms with Gasteiger partial charge < -0.3 is 0 Å². The van der Waals surface area contributed by atoms with Gasteiger partial charge in [-0.1, -0.05) is 67.3 Å². The minimum atomic E-state index is -1.27. The van der Waals surface area contributed by atoms with Gasteiger partial charge in [0.25, 0.3) is 0 Å². The molecule has 0 aromatic heterocycles. The van der Waals surface area contributed by atoms with Crippen LogP contribution in [-0.4, -0.2) is 6.26 Å². The molecule has 21 heavy (non-hydrogen) atoms. The highest BCUT2D eigenvalue weighted by Gasteiger charge is 2.24. The van der Waals surface area contributed by atoms with Crippen molar-refractivity contribution in [3.63, 3.8) is 0 Å². The maximum absolute atomic E-state index is 4.37. The SMILES string of the molecule is C=C(/C=C\C=C/C)S(C)(c1ccccc1)c1ccccc1. The summed E-state index contributed by atoms with van der Waals surface area (Å²) in [4.78, 5) is 3.84. The lowest BCUT2D eigenvalue weighted by Crippen LogP contribution is -2.01. The average molecular weight is 294 g/mol. The summed E-state index contributed by atoms with van der Waals surface area (Å²) in [5.41, 5.74) is 0. The summed E-state index contributed by atoms with van der Waals surface area (Å²) >= 11 is 0. The summed E-state index contributed by atoms with van der Waals surface area (Å²) in [6, 6.07) is 21.4. The van der Waals surface area contributed by atoms with Crippen molar-refractivity contribution in [2.24, 2.45) is 0 Å². The van der Waals surface area contributed by atoms with Crippen molar-refractivity contribution in [3.05, 3.63) is 96.5 Å². The van der Waals surface area contributed by atoms with Crippen LogP contribution < -0.4 is 0 Å². The van der Waals surface area contributed by atoms with Crippen LogP contribution in [0.3, 0.4) is 0 Å². The van der Waals surface area contributed by atoms with Crippen molar-refractivity contribution in [3.8, 4) is 0 Å². The van der Waals surface area contributed by atoms with E-state index in [4.69, 9.17) is 0 Å². The van der Waals surface area contributed by atoms with E-state index in [9.17, 15) is 0 Å². The molecular weight excluding hydrogens is 272 g/mol. The second-order valence-electron chi connectivity index (χ2n) is 4.90. The monoisotopic (exact) mass is 294 g/mol. The van der Waals surface area contributed by atoms with E-state index in [0.717, 1.165) is 4.91 Å². The van der Waals surface area contributed by atoms with Crippen molar-refractivity contribution in [2.75, 3.05) is 6.26 Å². The number of hydrogen-bond donors (Lipinski definition) is 0. The maximum atomic E-state index is 4.37. The molecule has 0 saturated heterocycles. The van der Waals surface area contributed by atoms with Crippen LogP contribution in [0.15, 0.2) is 106 Å². The fourth-order valence-electron chi connectivity index (χ4n) is 2.23. The molecule has 2 aromatic carbocycles. The molecular formula is C20H22S. The molecule has 0 bridgehead atoms. The fourth-order valence-corrected chi connectivity index (χ4v) is 4.87. The molecule has 0 aliphatic heterocycles. The summed E-state index contributed by atoms with van der Waals surface area (Å²) in [5.74, 6) is 0. The normalized spacial score (nSPS) is 12.9. The summed E-state index contributed by atoms with van der Waals surface area (Å²) in [6.07, 6.45) is 10.6. The molecule has 0 amide bonds. The zero-order chi connectivity index (χ0) is 15.1. The van der Waals surface area contributed by atoms with Crippen molar-refractivity contribution >= 4 is 10.0 Å². The third kappa shape index (κ3) is 3.37. The first kappa shape index (κ1) is 15.4. The van der Waals surface area contributed by atoms with Gasteiger partial charge in [-0.25, -0.2) is 0 Å². The molecule has 2 aromatic rings. The zero-order valence-corrected chi connectivity index (χ0v) is 13.5. The minimum Gasteiger partial charge on any atom is -0.164 e. The van der Waals surface area contributed by atoms with Crippen LogP contribution in [0.1, 0.15) is 6.92 Å². The van der Waals surface area contributed by atoms with Crippen molar-refractivity contribution < 1.29 is 0 Å². The van der Waals surface area contributed by atoms with Gasteiger partial charge in [0.15, 0.2) is 0 Å². The number of benzene rings is 2. The van der Waals surface area contributed by atoms with E-state index in [1.54, 1.807) is 0 Å². The van der Waals surface area contributed by atoms with Gasteiger partial charge in [0.2, 0.25) is 0 Å². The summed E-state index contributed by atoms with van der Waals surface area (Å²) in [7, 11) is -1.27. The minimum absolute atomic E-state index is 1.16. The predicted molar refractivity (Wildman–Crippen MR) is 96.0 cm³/mol. The van der Waals surface area contributed by atoms with Crippen LogP contribution >= 0.6 is 10.0 Å². The van der Waals surface area contributed by atoms with Crippen LogP contribution in [0.25, 0.3) is 0 Å².